The number of nitrogens with zero attached hydrogens (tertiary/aromatic N) is 1. The second-order valence-electron chi connectivity index (χ2n) is 6.96. The monoisotopic (exact) mass is 358 g/mol. The lowest BCUT2D eigenvalue weighted by Crippen LogP contribution is -2.36. The highest BCUT2D eigenvalue weighted by Gasteiger charge is 2.38. The molecule has 7 nitrogen and oxygen atoms in total. The molecule has 0 saturated carbocycles. The average Bonchev–Trinajstić information content (AvgIpc) is 3.39. The van der Waals surface area contributed by atoms with Gasteiger partial charge in [0.15, 0.2) is 0 Å². The third kappa shape index (κ3) is 3.24. The molecule has 0 aliphatic carbocycles. The largest absolute Gasteiger partial charge is 0.376 e. The summed E-state index contributed by atoms with van der Waals surface area (Å²) in [4.78, 5) is 38.7. The maximum absolute atomic E-state index is 12.6. The van der Waals surface area contributed by atoms with E-state index in [1.54, 1.807) is 12.1 Å². The standard InChI is InChI=1S/C19H22N2O5/c22-17(20-10-13-3-1-7-25-13)12-5-6-15-16(9-12)19(24)21(18(15)23)11-14-4-2-8-26-14/h5-6,9,13-14H,1-4,7-8,10-11H2,(H,20,22). The van der Waals surface area contributed by atoms with E-state index in [2.05, 4.69) is 5.32 Å². The van der Waals surface area contributed by atoms with Crippen LogP contribution in [0.1, 0.15) is 56.8 Å². The molecule has 0 radical (unpaired) electrons. The first kappa shape index (κ1) is 17.2. The number of nitrogens with one attached hydrogen (secondary N) is 1. The third-order valence-corrected chi connectivity index (χ3v) is 5.16. The zero-order valence-electron chi connectivity index (χ0n) is 14.5. The lowest BCUT2D eigenvalue weighted by Gasteiger charge is -2.17. The first-order chi connectivity index (χ1) is 12.6. The number of hydrogen-bond donors (Lipinski definition) is 1. The van der Waals surface area contributed by atoms with Gasteiger partial charge in [-0.2, -0.15) is 0 Å². The molecule has 26 heavy (non-hydrogen) atoms. The van der Waals surface area contributed by atoms with E-state index in [9.17, 15) is 14.4 Å². The molecule has 1 N–H and O–H groups in total. The fraction of sp³-hybridized carbons (Fsp3) is 0.526. The molecule has 0 spiro atoms. The van der Waals surface area contributed by atoms with Crippen LogP contribution in [-0.2, 0) is 9.47 Å². The molecule has 0 aromatic heterocycles. The number of rotatable bonds is 5. The van der Waals surface area contributed by atoms with Crippen molar-refractivity contribution in [2.24, 2.45) is 0 Å². The molecule has 1 aromatic carbocycles. The van der Waals surface area contributed by atoms with Crippen LogP contribution in [0.2, 0.25) is 0 Å². The van der Waals surface area contributed by atoms with Crippen molar-refractivity contribution in [3.05, 3.63) is 34.9 Å². The predicted octanol–water partition coefficient (Wildman–Crippen LogP) is 1.37. The zero-order valence-corrected chi connectivity index (χ0v) is 14.5. The summed E-state index contributed by atoms with van der Waals surface area (Å²) in [5.74, 6) is -0.929. The van der Waals surface area contributed by atoms with Gasteiger partial charge in [-0.05, 0) is 43.9 Å². The van der Waals surface area contributed by atoms with Crippen molar-refractivity contribution < 1.29 is 23.9 Å². The topological polar surface area (TPSA) is 84.9 Å². The molecule has 3 heterocycles. The van der Waals surface area contributed by atoms with E-state index in [0.717, 1.165) is 32.3 Å². The Morgan fingerprint density at radius 1 is 1.04 bits per heavy atom. The van der Waals surface area contributed by atoms with E-state index in [1.165, 1.54) is 11.0 Å². The van der Waals surface area contributed by atoms with Crippen molar-refractivity contribution in [3.63, 3.8) is 0 Å². The molecule has 2 unspecified atom stereocenters. The summed E-state index contributed by atoms with van der Waals surface area (Å²) in [6.45, 7) is 2.13. The van der Waals surface area contributed by atoms with Crippen molar-refractivity contribution in [1.29, 1.82) is 0 Å². The summed E-state index contributed by atoms with van der Waals surface area (Å²) < 4.78 is 11.0. The number of ether oxygens (including phenoxy) is 2. The maximum Gasteiger partial charge on any atom is 0.261 e. The van der Waals surface area contributed by atoms with Gasteiger partial charge in [-0.1, -0.05) is 0 Å². The van der Waals surface area contributed by atoms with E-state index < -0.39 is 0 Å². The minimum Gasteiger partial charge on any atom is -0.376 e. The number of carbonyl (C=O) groups is 3. The molecular weight excluding hydrogens is 336 g/mol. The van der Waals surface area contributed by atoms with Crippen molar-refractivity contribution >= 4 is 17.7 Å². The van der Waals surface area contributed by atoms with Crippen molar-refractivity contribution in [1.82, 2.24) is 10.2 Å². The highest BCUT2D eigenvalue weighted by Crippen LogP contribution is 2.26. The van der Waals surface area contributed by atoms with E-state index in [1.807, 2.05) is 0 Å². The summed E-state index contributed by atoms with van der Waals surface area (Å²) in [5.41, 5.74) is 1.02. The Morgan fingerprint density at radius 2 is 1.73 bits per heavy atom. The molecule has 0 bridgehead atoms. The third-order valence-electron chi connectivity index (χ3n) is 5.16. The van der Waals surface area contributed by atoms with Gasteiger partial charge in [0.25, 0.3) is 17.7 Å². The second kappa shape index (κ2) is 7.17. The number of benzene rings is 1. The predicted molar refractivity (Wildman–Crippen MR) is 92.1 cm³/mol. The Bertz CT molecular complexity index is 735. The Labute approximate surface area is 151 Å². The summed E-state index contributed by atoms with van der Waals surface area (Å²) in [7, 11) is 0. The average molecular weight is 358 g/mol. The van der Waals surface area contributed by atoms with Crippen LogP contribution in [0.5, 0.6) is 0 Å². The Morgan fingerprint density at radius 3 is 2.42 bits per heavy atom. The smallest absolute Gasteiger partial charge is 0.261 e. The van der Waals surface area contributed by atoms with Crippen molar-refractivity contribution in [3.8, 4) is 0 Å². The molecule has 2 saturated heterocycles. The fourth-order valence-electron chi connectivity index (χ4n) is 3.70. The fourth-order valence-corrected chi connectivity index (χ4v) is 3.70. The Balaban J connectivity index is 1.45. The molecule has 3 aliphatic rings. The number of fused-ring (bicyclic) bond motifs is 1. The van der Waals surface area contributed by atoms with Crippen molar-refractivity contribution in [2.45, 2.75) is 37.9 Å². The van der Waals surface area contributed by atoms with Crippen LogP contribution in [0.4, 0.5) is 0 Å². The van der Waals surface area contributed by atoms with Gasteiger partial charge in [0.2, 0.25) is 0 Å². The summed E-state index contributed by atoms with van der Waals surface area (Å²) in [6, 6.07) is 4.66. The van der Waals surface area contributed by atoms with E-state index in [4.69, 9.17) is 9.47 Å². The highest BCUT2D eigenvalue weighted by molar-refractivity contribution is 6.22. The van der Waals surface area contributed by atoms with E-state index >= 15 is 0 Å². The van der Waals surface area contributed by atoms with Gasteiger partial charge in [-0.25, -0.2) is 0 Å². The molecule has 2 fully saturated rings. The number of imide groups is 1. The molecule has 138 valence electrons. The first-order valence-corrected chi connectivity index (χ1v) is 9.15. The molecule has 7 heteroatoms. The molecule has 1 aromatic rings. The van der Waals surface area contributed by atoms with Gasteiger partial charge in [-0.15, -0.1) is 0 Å². The van der Waals surface area contributed by atoms with Crippen LogP contribution in [0.25, 0.3) is 0 Å². The Hall–Kier alpha value is -2.25. The molecule has 3 aliphatic heterocycles. The van der Waals surface area contributed by atoms with Gasteiger partial charge in [0.1, 0.15) is 0 Å². The normalized spacial score (nSPS) is 25.0. The molecule has 2 atom stereocenters. The van der Waals surface area contributed by atoms with Crippen LogP contribution < -0.4 is 5.32 Å². The minimum absolute atomic E-state index is 0.0542. The van der Waals surface area contributed by atoms with Crippen LogP contribution >= 0.6 is 0 Å². The maximum atomic E-state index is 12.6. The van der Waals surface area contributed by atoms with Crippen molar-refractivity contribution in [2.75, 3.05) is 26.3 Å². The van der Waals surface area contributed by atoms with Crippen LogP contribution in [0.3, 0.4) is 0 Å². The summed E-state index contributed by atoms with van der Waals surface area (Å²) >= 11 is 0. The summed E-state index contributed by atoms with van der Waals surface area (Å²) in [5, 5.41) is 2.83. The van der Waals surface area contributed by atoms with Gasteiger partial charge < -0.3 is 14.8 Å². The molecular formula is C19H22N2O5. The number of amides is 3. The van der Waals surface area contributed by atoms with E-state index in [0.29, 0.717) is 24.3 Å². The van der Waals surface area contributed by atoms with Gasteiger partial charge in [0, 0.05) is 25.3 Å². The first-order valence-electron chi connectivity index (χ1n) is 9.15. The quantitative estimate of drug-likeness (QED) is 0.804. The molecule has 3 amide bonds. The summed E-state index contributed by atoms with van der Waals surface area (Å²) in [6.07, 6.45) is 3.71. The zero-order chi connectivity index (χ0) is 18.1. The van der Waals surface area contributed by atoms with Crippen LogP contribution in [0, 0.1) is 0 Å². The Kier molecular flexibility index (Phi) is 4.74. The van der Waals surface area contributed by atoms with E-state index in [-0.39, 0.29) is 42.0 Å². The van der Waals surface area contributed by atoms with Crippen LogP contribution in [0.15, 0.2) is 18.2 Å². The number of carbonyl (C=O) groups excluding carboxylic acids is 3. The lowest BCUT2D eigenvalue weighted by molar-refractivity contribution is 0.0475. The number of hydrogen-bond acceptors (Lipinski definition) is 5. The van der Waals surface area contributed by atoms with Gasteiger partial charge in [0.05, 0.1) is 29.9 Å². The SMILES string of the molecule is O=C(NCC1CCCO1)c1ccc2c(c1)C(=O)N(CC1CCCO1)C2=O. The molecule has 4 rings (SSSR count). The van der Waals surface area contributed by atoms with Crippen LogP contribution in [-0.4, -0.2) is 61.1 Å². The highest BCUT2D eigenvalue weighted by atomic mass is 16.5. The lowest BCUT2D eigenvalue weighted by atomic mass is 10.1. The van der Waals surface area contributed by atoms with Gasteiger partial charge in [-0.3, -0.25) is 19.3 Å². The minimum atomic E-state index is -0.353. The second-order valence-corrected chi connectivity index (χ2v) is 6.96. The van der Waals surface area contributed by atoms with Gasteiger partial charge >= 0.3 is 0 Å².